The normalized spacial score (nSPS) is 14.6. The highest BCUT2D eigenvalue weighted by molar-refractivity contribution is 7.13. The predicted molar refractivity (Wildman–Crippen MR) is 87.9 cm³/mol. The highest BCUT2D eigenvalue weighted by atomic mass is 32.1. The van der Waals surface area contributed by atoms with Crippen LogP contribution < -0.4 is 14.4 Å². The van der Waals surface area contributed by atoms with Gasteiger partial charge in [0.2, 0.25) is 0 Å². The van der Waals surface area contributed by atoms with Gasteiger partial charge in [-0.2, -0.15) is 0 Å². The number of aromatic nitrogens is 1. The number of thiazole rings is 1. The van der Waals surface area contributed by atoms with Crippen LogP contribution in [-0.2, 0) is 11.3 Å². The van der Waals surface area contributed by atoms with Crippen LogP contribution in [0.3, 0.4) is 0 Å². The lowest BCUT2D eigenvalue weighted by Gasteiger charge is -2.26. The van der Waals surface area contributed by atoms with Gasteiger partial charge in [0.05, 0.1) is 26.0 Å². The van der Waals surface area contributed by atoms with E-state index in [2.05, 4.69) is 9.88 Å². The van der Waals surface area contributed by atoms with Crippen LogP contribution in [0.1, 0.15) is 16.1 Å². The second-order valence-electron chi connectivity index (χ2n) is 5.04. The van der Waals surface area contributed by atoms with E-state index < -0.39 is 0 Å². The quantitative estimate of drug-likeness (QED) is 0.756. The van der Waals surface area contributed by atoms with Crippen molar-refractivity contribution in [1.29, 1.82) is 0 Å². The molecule has 7 heteroatoms. The molecule has 0 unspecified atom stereocenters. The molecular formula is C16H18N2O4S. The molecule has 1 saturated heterocycles. The average molecular weight is 334 g/mol. The summed E-state index contributed by atoms with van der Waals surface area (Å²) in [5.41, 5.74) is 1.43. The maximum Gasteiger partial charge on any atom is 0.185 e. The lowest BCUT2D eigenvalue weighted by atomic mass is 10.2. The van der Waals surface area contributed by atoms with E-state index in [0.717, 1.165) is 43.4 Å². The summed E-state index contributed by atoms with van der Waals surface area (Å²) in [6.07, 6.45) is 0.779. The number of carbonyl (C=O) groups excluding carboxylic acids is 1. The van der Waals surface area contributed by atoms with Crippen LogP contribution in [0.4, 0.5) is 5.13 Å². The predicted octanol–water partition coefficient (Wildman–Crippen LogP) is 2.38. The van der Waals surface area contributed by atoms with E-state index in [4.69, 9.17) is 14.2 Å². The van der Waals surface area contributed by atoms with Crippen molar-refractivity contribution in [1.82, 2.24) is 4.98 Å². The summed E-state index contributed by atoms with van der Waals surface area (Å²) < 4.78 is 16.4. The van der Waals surface area contributed by atoms with Gasteiger partial charge in [0.1, 0.15) is 12.9 Å². The fraction of sp³-hybridized carbons (Fsp3) is 0.375. The van der Waals surface area contributed by atoms with E-state index >= 15 is 0 Å². The zero-order chi connectivity index (χ0) is 16.1. The SMILES string of the molecule is COc1cc(C=O)ccc1OCc1csc(N2CCOCC2)n1. The summed E-state index contributed by atoms with van der Waals surface area (Å²) in [4.78, 5) is 17.6. The van der Waals surface area contributed by atoms with E-state index in [9.17, 15) is 4.79 Å². The number of morpholine rings is 1. The molecule has 2 aromatic rings. The van der Waals surface area contributed by atoms with Crippen LogP contribution >= 0.6 is 11.3 Å². The average Bonchev–Trinajstić information content (AvgIpc) is 3.09. The van der Waals surface area contributed by atoms with Crippen molar-refractivity contribution in [2.45, 2.75) is 6.61 Å². The fourth-order valence-corrected chi connectivity index (χ4v) is 3.15. The lowest BCUT2D eigenvalue weighted by molar-refractivity contribution is 0.112. The Morgan fingerprint density at radius 1 is 1.35 bits per heavy atom. The Morgan fingerprint density at radius 3 is 2.91 bits per heavy atom. The molecule has 3 rings (SSSR count). The van der Waals surface area contributed by atoms with Crippen LogP contribution in [0.25, 0.3) is 0 Å². The smallest absolute Gasteiger partial charge is 0.185 e. The van der Waals surface area contributed by atoms with Crippen molar-refractivity contribution in [2.24, 2.45) is 0 Å². The molecule has 0 amide bonds. The molecule has 0 saturated carbocycles. The third-order valence-electron chi connectivity index (χ3n) is 3.52. The first-order valence-electron chi connectivity index (χ1n) is 7.33. The maximum absolute atomic E-state index is 10.8. The van der Waals surface area contributed by atoms with Crippen LogP contribution in [0.15, 0.2) is 23.6 Å². The molecular weight excluding hydrogens is 316 g/mol. The maximum atomic E-state index is 10.8. The fourth-order valence-electron chi connectivity index (χ4n) is 2.29. The number of hydrogen-bond acceptors (Lipinski definition) is 7. The third-order valence-corrected chi connectivity index (χ3v) is 4.47. The Morgan fingerprint density at radius 2 is 2.17 bits per heavy atom. The molecule has 122 valence electrons. The number of hydrogen-bond donors (Lipinski definition) is 0. The molecule has 0 atom stereocenters. The Balaban J connectivity index is 1.64. The van der Waals surface area contributed by atoms with Crippen LogP contribution in [-0.4, -0.2) is 44.7 Å². The van der Waals surface area contributed by atoms with Gasteiger partial charge in [0.15, 0.2) is 16.6 Å². The zero-order valence-electron chi connectivity index (χ0n) is 12.9. The van der Waals surface area contributed by atoms with E-state index in [0.29, 0.717) is 23.7 Å². The number of carbonyl (C=O) groups is 1. The Bertz CT molecular complexity index is 668. The molecule has 0 bridgehead atoms. The summed E-state index contributed by atoms with van der Waals surface area (Å²) in [5.74, 6) is 1.14. The number of nitrogens with zero attached hydrogens (tertiary/aromatic N) is 2. The summed E-state index contributed by atoms with van der Waals surface area (Å²) in [5, 5.41) is 2.99. The van der Waals surface area contributed by atoms with Gasteiger partial charge < -0.3 is 19.1 Å². The number of aldehydes is 1. The lowest BCUT2D eigenvalue weighted by Crippen LogP contribution is -2.36. The first-order chi connectivity index (χ1) is 11.3. The number of methoxy groups -OCH3 is 1. The molecule has 6 nitrogen and oxygen atoms in total. The summed E-state index contributed by atoms with van der Waals surface area (Å²) in [6, 6.07) is 5.09. The van der Waals surface area contributed by atoms with E-state index in [1.54, 1.807) is 36.6 Å². The number of anilines is 1. The molecule has 0 radical (unpaired) electrons. The highest BCUT2D eigenvalue weighted by Gasteiger charge is 2.15. The minimum absolute atomic E-state index is 0.359. The highest BCUT2D eigenvalue weighted by Crippen LogP contribution is 2.29. The topological polar surface area (TPSA) is 60.9 Å². The van der Waals surface area contributed by atoms with Gasteiger partial charge >= 0.3 is 0 Å². The van der Waals surface area contributed by atoms with Crippen LogP contribution in [0.5, 0.6) is 11.5 Å². The zero-order valence-corrected chi connectivity index (χ0v) is 13.7. The molecule has 0 N–H and O–H groups in total. The van der Waals surface area contributed by atoms with Gasteiger partial charge in [-0.3, -0.25) is 4.79 Å². The van der Waals surface area contributed by atoms with Crippen molar-refractivity contribution < 1.29 is 19.0 Å². The summed E-state index contributed by atoms with van der Waals surface area (Å²) in [6.45, 7) is 3.58. The molecule has 1 aliphatic heterocycles. The molecule has 1 aliphatic rings. The molecule has 2 heterocycles. The molecule has 1 fully saturated rings. The van der Waals surface area contributed by atoms with Crippen molar-refractivity contribution in [3.8, 4) is 11.5 Å². The minimum atomic E-state index is 0.359. The largest absolute Gasteiger partial charge is 0.493 e. The molecule has 0 aliphatic carbocycles. The summed E-state index contributed by atoms with van der Waals surface area (Å²) in [7, 11) is 1.55. The standard InChI is InChI=1S/C16H18N2O4S/c1-20-15-8-12(9-19)2-3-14(15)22-10-13-11-23-16(17-13)18-4-6-21-7-5-18/h2-3,8-9,11H,4-7,10H2,1H3. The van der Waals surface area contributed by atoms with Crippen molar-refractivity contribution >= 4 is 22.8 Å². The van der Waals surface area contributed by atoms with Gasteiger partial charge in [-0.25, -0.2) is 4.98 Å². The van der Waals surface area contributed by atoms with E-state index in [1.165, 1.54) is 0 Å². The Labute approximate surface area is 138 Å². The minimum Gasteiger partial charge on any atom is -0.493 e. The van der Waals surface area contributed by atoms with E-state index in [-0.39, 0.29) is 0 Å². The summed E-state index contributed by atoms with van der Waals surface area (Å²) >= 11 is 1.61. The van der Waals surface area contributed by atoms with Gasteiger partial charge in [-0.1, -0.05) is 0 Å². The Hall–Kier alpha value is -2.12. The molecule has 23 heavy (non-hydrogen) atoms. The first-order valence-corrected chi connectivity index (χ1v) is 8.21. The second-order valence-corrected chi connectivity index (χ2v) is 5.87. The first kappa shape index (κ1) is 15.8. The second kappa shape index (κ2) is 7.43. The van der Waals surface area contributed by atoms with Crippen molar-refractivity contribution in [2.75, 3.05) is 38.3 Å². The Kier molecular flexibility index (Phi) is 5.09. The van der Waals surface area contributed by atoms with Gasteiger partial charge in [0, 0.05) is 24.0 Å². The molecule has 0 spiro atoms. The van der Waals surface area contributed by atoms with E-state index in [1.807, 2.05) is 5.38 Å². The van der Waals surface area contributed by atoms with Gasteiger partial charge in [-0.05, 0) is 18.2 Å². The monoisotopic (exact) mass is 334 g/mol. The number of rotatable bonds is 6. The van der Waals surface area contributed by atoms with Crippen molar-refractivity contribution in [3.63, 3.8) is 0 Å². The molecule has 1 aromatic heterocycles. The van der Waals surface area contributed by atoms with Crippen LogP contribution in [0.2, 0.25) is 0 Å². The van der Waals surface area contributed by atoms with Gasteiger partial charge in [-0.15, -0.1) is 11.3 Å². The number of benzene rings is 1. The van der Waals surface area contributed by atoms with Gasteiger partial charge in [0.25, 0.3) is 0 Å². The van der Waals surface area contributed by atoms with Crippen molar-refractivity contribution in [3.05, 3.63) is 34.8 Å². The third kappa shape index (κ3) is 3.80. The number of ether oxygens (including phenoxy) is 3. The molecule has 1 aromatic carbocycles. The van der Waals surface area contributed by atoms with Crippen LogP contribution in [0, 0.1) is 0 Å².